The molecule has 0 aromatic rings. The average Bonchev–Trinajstić information content (AvgIpc) is 0.898. The zero-order valence-corrected chi connectivity index (χ0v) is 97.3. The van der Waals surface area contributed by atoms with Crippen molar-refractivity contribution in [3.8, 4) is 0 Å². The summed E-state index contributed by atoms with van der Waals surface area (Å²) in [6.45, 7) is 24.2. The number of ether oxygens (including phenoxy) is 5. The summed E-state index contributed by atoms with van der Waals surface area (Å²) in [5.41, 5.74) is 0. The van der Waals surface area contributed by atoms with E-state index in [-0.39, 0.29) is 164 Å². The van der Waals surface area contributed by atoms with Gasteiger partial charge in [0, 0.05) is 65.4 Å². The molecule has 10 N–H and O–H groups in total. The van der Waals surface area contributed by atoms with E-state index in [0.29, 0.717) is 97.2 Å². The summed E-state index contributed by atoms with van der Waals surface area (Å²) in [6, 6.07) is 0. The Labute approximate surface area is 909 Å². The molecular formula is C121H232N8O20. The van der Waals surface area contributed by atoms with Crippen molar-refractivity contribution in [2.45, 2.75) is 562 Å². The number of nitrogens with one attached hydrogen (secondary N) is 5. The summed E-state index contributed by atoms with van der Waals surface area (Å²) in [7, 11) is 0. The number of unbranched alkanes of at least 4 members (excludes halogenated alkanes) is 45. The van der Waals surface area contributed by atoms with Crippen LogP contribution in [-0.2, 0) is 71.6 Å². The van der Waals surface area contributed by atoms with Crippen LogP contribution in [0.1, 0.15) is 532 Å². The van der Waals surface area contributed by atoms with Crippen LogP contribution in [0.3, 0.4) is 0 Å². The predicted molar refractivity (Wildman–Crippen MR) is 606 cm³/mol. The second-order valence-electron chi connectivity index (χ2n) is 43.4. The minimum Gasteiger partial charge on any atom is -0.465 e. The van der Waals surface area contributed by atoms with E-state index in [4.69, 9.17) is 23.7 Å². The van der Waals surface area contributed by atoms with Gasteiger partial charge < -0.3 is 80.7 Å². The van der Waals surface area contributed by atoms with Gasteiger partial charge in [-0.3, -0.25) is 57.7 Å². The molecule has 0 aliphatic carbocycles. The van der Waals surface area contributed by atoms with Gasteiger partial charge in [0.25, 0.3) is 0 Å². The Balaban J connectivity index is 7.20. The third kappa shape index (κ3) is 85.3. The highest BCUT2D eigenvalue weighted by molar-refractivity contribution is 5.83. The molecule has 0 saturated carbocycles. The monoisotopic (exact) mass is 2120 g/mol. The average molecular weight is 2120 g/mol. The fourth-order valence-corrected chi connectivity index (χ4v) is 19.6. The molecule has 0 aromatic heterocycles. The third-order valence-corrected chi connectivity index (χ3v) is 29.4. The highest BCUT2D eigenvalue weighted by Crippen LogP contribution is 2.28. The fourth-order valence-electron chi connectivity index (χ4n) is 19.6. The highest BCUT2D eigenvalue weighted by Gasteiger charge is 2.31. The van der Waals surface area contributed by atoms with Crippen molar-refractivity contribution in [2.75, 3.05) is 125 Å². The van der Waals surface area contributed by atoms with E-state index in [1.165, 1.54) is 0 Å². The van der Waals surface area contributed by atoms with Crippen LogP contribution in [0.2, 0.25) is 0 Å². The molecule has 0 fully saturated rings. The molecule has 28 heteroatoms. The van der Waals surface area contributed by atoms with Crippen LogP contribution in [0.4, 0.5) is 0 Å². The van der Waals surface area contributed by atoms with Gasteiger partial charge in [-0.05, 0) is 200 Å². The second kappa shape index (κ2) is 105. The molecule has 0 rings (SSSR count). The minimum atomic E-state index is -1.58. The summed E-state index contributed by atoms with van der Waals surface area (Å²) >= 11 is 0. The van der Waals surface area contributed by atoms with Crippen molar-refractivity contribution in [2.24, 2.45) is 29.6 Å². The number of rotatable bonds is 113. The van der Waals surface area contributed by atoms with Crippen LogP contribution in [0.25, 0.3) is 0 Å². The van der Waals surface area contributed by atoms with Crippen LogP contribution in [0.5, 0.6) is 0 Å². The van der Waals surface area contributed by atoms with E-state index < -0.39 is 60.1 Å². The number of amides is 5. The number of esters is 5. The minimum absolute atomic E-state index is 0.0854. The zero-order chi connectivity index (χ0) is 110. The van der Waals surface area contributed by atoms with Crippen molar-refractivity contribution in [1.29, 1.82) is 0 Å². The Bertz CT molecular complexity index is 2770. The molecule has 0 aliphatic rings. The molecule has 149 heavy (non-hydrogen) atoms. The largest absolute Gasteiger partial charge is 0.465 e. The second-order valence-corrected chi connectivity index (χ2v) is 43.4. The van der Waals surface area contributed by atoms with E-state index >= 15 is 0 Å². The van der Waals surface area contributed by atoms with E-state index in [2.05, 4.69) is 95.8 Å². The van der Waals surface area contributed by atoms with Crippen LogP contribution in [0.15, 0.2) is 0 Å². The molecule has 0 aromatic carbocycles. The van der Waals surface area contributed by atoms with Gasteiger partial charge in [-0.1, -0.05) is 358 Å². The Morgan fingerprint density at radius 2 is 0.309 bits per heavy atom. The van der Waals surface area contributed by atoms with Crippen LogP contribution in [-0.4, -0.2) is 255 Å². The molecule has 0 bridgehead atoms. The Hall–Kier alpha value is -5.62. The molecular weight excluding hydrogens is 1890 g/mol. The first-order valence-corrected chi connectivity index (χ1v) is 62.2. The molecule has 0 aliphatic heterocycles. The highest BCUT2D eigenvalue weighted by atomic mass is 16.5. The van der Waals surface area contributed by atoms with Gasteiger partial charge in [0.2, 0.25) is 29.5 Å². The number of aliphatic hydroxyl groups excluding tert-OH is 5. The van der Waals surface area contributed by atoms with Gasteiger partial charge in [0.1, 0.15) is 30.5 Å². The molecule has 5 atom stereocenters. The van der Waals surface area contributed by atoms with E-state index in [0.717, 1.165) is 385 Å². The van der Waals surface area contributed by atoms with Gasteiger partial charge in [0.15, 0.2) is 0 Å². The number of aliphatic hydroxyl groups is 5. The number of carbonyl (C=O) groups is 10. The predicted octanol–water partition coefficient (Wildman–Crippen LogP) is 23.4. The van der Waals surface area contributed by atoms with Crippen molar-refractivity contribution >= 4 is 59.4 Å². The van der Waals surface area contributed by atoms with Gasteiger partial charge in [-0.2, -0.15) is 0 Å². The van der Waals surface area contributed by atoms with Crippen molar-refractivity contribution in [3.63, 3.8) is 0 Å². The molecule has 0 spiro atoms. The number of hydrogen-bond acceptors (Lipinski definition) is 23. The molecule has 0 radical (unpaired) electrons. The Morgan fingerprint density at radius 3 is 0.463 bits per heavy atom. The van der Waals surface area contributed by atoms with Crippen LogP contribution >= 0.6 is 0 Å². The standard InChI is InChI=1S/C121H232N8O20/c1-11-21-31-51-73-102(74-52-32-22-12-2)117(140)145-92-66-46-41-61-83-122-112(135)107(130)97-127(88-71-90-128(98-108(131)113(136)123-84-62-42-47-67-93-146-118(141)103(75-53-33-23-13-3)76-54-34-24-14-4)99-109(132)114(137)124-85-63-43-48-68-94-147-119(142)104(77-55-35-25-15-5)78-56-36-26-16-6)89-72-91-129(100-110(133)115(138)125-86-64-44-49-69-95-148-120(143)105(79-57-37-27-17-7)80-58-38-28-18-8)101-111(134)116(139)126-87-65-45-50-70-96-149-121(144)106(81-59-39-29-19-9)82-60-40-30-20-10/h102-111,130-134H,11-101H2,1-10H3,(H,122,135)(H,123,136)(H,124,137)(H,125,138)(H,126,139). The maximum atomic E-state index is 14.0. The van der Waals surface area contributed by atoms with Crippen LogP contribution < -0.4 is 26.6 Å². The lowest BCUT2D eigenvalue weighted by molar-refractivity contribution is -0.150. The summed E-state index contributed by atoms with van der Waals surface area (Å²) in [5, 5.41) is 73.1. The smallest absolute Gasteiger partial charge is 0.308 e. The fraction of sp³-hybridized carbons (Fsp3) is 0.917. The van der Waals surface area contributed by atoms with Gasteiger partial charge in [-0.15, -0.1) is 0 Å². The summed E-state index contributed by atoms with van der Waals surface area (Å²) in [4.78, 5) is 141. The lowest BCUT2D eigenvalue weighted by Crippen LogP contribution is -2.49. The summed E-state index contributed by atoms with van der Waals surface area (Å²) < 4.78 is 29.1. The van der Waals surface area contributed by atoms with Crippen molar-refractivity contribution in [1.82, 2.24) is 41.3 Å². The van der Waals surface area contributed by atoms with E-state index in [9.17, 15) is 73.5 Å². The summed E-state index contributed by atoms with van der Waals surface area (Å²) in [6.07, 6.45) is 59.1. The zero-order valence-electron chi connectivity index (χ0n) is 97.3. The first kappa shape index (κ1) is 143. The number of hydrogen-bond donors (Lipinski definition) is 10. The SMILES string of the molecule is CCCCCCC(CCCCCC)C(=O)OCCCCCCNC(=O)C(O)CN(CCCN(CC(O)C(=O)NCCCCCCOC(=O)C(CCCCCC)CCCCCC)CC(O)C(=O)NCCCCCCOC(=O)C(CCCCCC)CCCCCC)CCCN(CC(O)C(=O)NCCCCCCOC(=O)C(CCCCCC)CCCCCC)CC(O)C(=O)NCCCCCCOC(=O)C(CCCCCC)CCCCCC. The first-order valence-electron chi connectivity index (χ1n) is 62.2. The molecule has 5 unspecified atom stereocenters. The lowest BCUT2D eigenvalue weighted by Gasteiger charge is -2.30. The normalized spacial score (nSPS) is 12.8. The van der Waals surface area contributed by atoms with E-state index in [1.54, 1.807) is 9.80 Å². The maximum Gasteiger partial charge on any atom is 0.308 e. The van der Waals surface area contributed by atoms with Gasteiger partial charge in [0.05, 0.1) is 62.6 Å². The van der Waals surface area contributed by atoms with E-state index in [1.807, 2.05) is 4.90 Å². The Morgan fingerprint density at radius 1 is 0.174 bits per heavy atom. The van der Waals surface area contributed by atoms with Gasteiger partial charge in [-0.25, -0.2) is 0 Å². The molecule has 5 amide bonds. The summed E-state index contributed by atoms with van der Waals surface area (Å²) in [5.74, 6) is -4.14. The third-order valence-electron chi connectivity index (χ3n) is 29.4. The quantitative estimate of drug-likeness (QED) is 0.0154. The van der Waals surface area contributed by atoms with Gasteiger partial charge >= 0.3 is 29.8 Å². The first-order chi connectivity index (χ1) is 72.4. The molecule has 28 nitrogen and oxygen atoms in total. The van der Waals surface area contributed by atoms with Crippen molar-refractivity contribution in [3.05, 3.63) is 0 Å². The molecule has 0 heterocycles. The maximum absolute atomic E-state index is 14.0. The lowest BCUT2D eigenvalue weighted by atomic mass is 9.94. The number of nitrogens with zero attached hydrogens (tertiary/aromatic N) is 3. The Kier molecular flexibility index (Phi) is 101. The van der Waals surface area contributed by atoms with Crippen molar-refractivity contribution < 1.29 is 97.2 Å². The molecule has 876 valence electrons. The van der Waals surface area contributed by atoms with Crippen LogP contribution in [0, 0.1) is 29.6 Å². The molecule has 0 saturated heterocycles. The topological polar surface area (TPSA) is 388 Å². The number of carbonyl (C=O) groups excluding carboxylic acids is 10.